The van der Waals surface area contributed by atoms with Gasteiger partial charge in [0.2, 0.25) is 5.95 Å². The maximum Gasteiger partial charge on any atom is 0.251 e. The van der Waals surface area contributed by atoms with Gasteiger partial charge in [0.05, 0.1) is 29.9 Å². The number of aromatic nitrogens is 3. The molecule has 0 radical (unpaired) electrons. The van der Waals surface area contributed by atoms with Crippen molar-refractivity contribution >= 4 is 39.8 Å². The highest BCUT2D eigenvalue weighted by molar-refractivity contribution is 6.05. The third-order valence-electron chi connectivity index (χ3n) is 7.47. The first kappa shape index (κ1) is 28.2. The molecule has 0 bridgehead atoms. The van der Waals surface area contributed by atoms with E-state index in [0.29, 0.717) is 41.1 Å². The number of amides is 1. The average Bonchev–Trinajstić information content (AvgIpc) is 3.75. The van der Waals surface area contributed by atoms with Crippen LogP contribution in [0.2, 0.25) is 0 Å². The Morgan fingerprint density at radius 2 is 1.90 bits per heavy atom. The zero-order valence-corrected chi connectivity index (χ0v) is 24.6. The van der Waals surface area contributed by atoms with E-state index in [2.05, 4.69) is 67.0 Å². The lowest BCUT2D eigenvalue weighted by molar-refractivity contribution is -0.112. The number of fused-ring (bicyclic) bond motifs is 1. The van der Waals surface area contributed by atoms with E-state index >= 15 is 0 Å². The van der Waals surface area contributed by atoms with Crippen LogP contribution in [0.25, 0.3) is 22.2 Å². The first-order chi connectivity index (χ1) is 19.8. The molecule has 0 unspecified atom stereocenters. The van der Waals surface area contributed by atoms with Gasteiger partial charge in [0.15, 0.2) is 0 Å². The van der Waals surface area contributed by atoms with Gasteiger partial charge in [0.1, 0.15) is 5.75 Å². The van der Waals surface area contributed by atoms with E-state index in [1.165, 1.54) is 23.7 Å². The maximum atomic E-state index is 12.9. The zero-order chi connectivity index (χ0) is 29.1. The maximum absolute atomic E-state index is 12.9. The average molecular weight is 554 g/mol. The number of benzene rings is 2. The number of carbonyl (C=O) groups excluding carboxylic acids is 1. The van der Waals surface area contributed by atoms with E-state index in [0.717, 1.165) is 30.0 Å². The number of hydrogen-bond acceptors (Lipinski definition) is 7. The van der Waals surface area contributed by atoms with E-state index in [4.69, 9.17) is 9.72 Å². The van der Waals surface area contributed by atoms with Crippen LogP contribution in [0.1, 0.15) is 32.2 Å². The summed E-state index contributed by atoms with van der Waals surface area (Å²) < 4.78 is 8.15. The standard InChI is InChI=1S/C32H39N7O2/c1-7-21(2)31(40)34-26-18-27(30(41-6)19-29(26)38(5)17-16-37(3)4)36-32-33-15-14-25(35-32)24-20-39(22-12-13-22)28-11-9-8-10-23(24)28/h8-11,14-15,18-20,22H,2,7,12-13,16-17H2,1,3-6H3,(H,34,40)(H,33,35,36). The van der Waals surface area contributed by atoms with Crippen molar-refractivity contribution in [1.29, 1.82) is 0 Å². The predicted octanol–water partition coefficient (Wildman–Crippen LogP) is 6.09. The molecule has 5 rings (SSSR count). The summed E-state index contributed by atoms with van der Waals surface area (Å²) in [6.45, 7) is 7.44. The summed E-state index contributed by atoms with van der Waals surface area (Å²) in [6, 6.07) is 14.8. The topological polar surface area (TPSA) is 87.5 Å². The molecule has 1 aliphatic carbocycles. The van der Waals surface area contributed by atoms with Crippen molar-refractivity contribution in [2.75, 3.05) is 56.9 Å². The minimum atomic E-state index is -0.212. The number of para-hydroxylation sites is 1. The summed E-state index contributed by atoms with van der Waals surface area (Å²) in [5.74, 6) is 0.840. The molecule has 9 nitrogen and oxygen atoms in total. The molecule has 2 aromatic carbocycles. The third-order valence-corrected chi connectivity index (χ3v) is 7.47. The lowest BCUT2D eigenvalue weighted by Gasteiger charge is -2.26. The fraction of sp³-hybridized carbons (Fsp3) is 0.344. The van der Waals surface area contributed by atoms with Gasteiger partial charge in [-0.15, -0.1) is 0 Å². The van der Waals surface area contributed by atoms with Crippen LogP contribution in [0, 0.1) is 0 Å². The lowest BCUT2D eigenvalue weighted by atomic mass is 10.1. The smallest absolute Gasteiger partial charge is 0.251 e. The van der Waals surface area contributed by atoms with Crippen LogP contribution >= 0.6 is 0 Å². The van der Waals surface area contributed by atoms with E-state index in [1.807, 2.05) is 46.3 Å². The van der Waals surface area contributed by atoms with Crippen molar-refractivity contribution in [3.63, 3.8) is 0 Å². The Labute approximate surface area is 241 Å². The Morgan fingerprint density at radius 3 is 2.61 bits per heavy atom. The highest BCUT2D eigenvalue weighted by Gasteiger charge is 2.26. The summed E-state index contributed by atoms with van der Waals surface area (Å²) in [7, 11) is 7.70. The summed E-state index contributed by atoms with van der Waals surface area (Å²) in [6.07, 6.45) is 6.95. The third kappa shape index (κ3) is 6.20. The monoisotopic (exact) mass is 553 g/mol. The minimum absolute atomic E-state index is 0.212. The Balaban J connectivity index is 1.50. The minimum Gasteiger partial charge on any atom is -0.494 e. The molecule has 0 spiro atoms. The van der Waals surface area contributed by atoms with Crippen LogP contribution in [0.4, 0.5) is 23.0 Å². The van der Waals surface area contributed by atoms with E-state index in [9.17, 15) is 4.79 Å². The van der Waals surface area contributed by atoms with Crippen molar-refractivity contribution in [3.8, 4) is 17.0 Å². The van der Waals surface area contributed by atoms with Gasteiger partial charge in [0, 0.05) is 66.7 Å². The molecule has 4 aromatic rings. The number of likely N-dealkylation sites (N-methyl/N-ethyl adjacent to an activating group) is 2. The molecule has 0 atom stereocenters. The molecule has 214 valence electrons. The van der Waals surface area contributed by atoms with Crippen molar-refractivity contribution < 1.29 is 9.53 Å². The van der Waals surface area contributed by atoms with Crippen molar-refractivity contribution in [2.24, 2.45) is 0 Å². The normalized spacial score (nSPS) is 12.9. The number of anilines is 4. The molecule has 2 N–H and O–H groups in total. The first-order valence-electron chi connectivity index (χ1n) is 14.1. The molecule has 1 saturated carbocycles. The van der Waals surface area contributed by atoms with Crippen LogP contribution in [-0.4, -0.2) is 66.7 Å². The Kier molecular flexibility index (Phi) is 8.26. The molecular formula is C32H39N7O2. The number of nitrogens with zero attached hydrogens (tertiary/aromatic N) is 5. The molecule has 2 aromatic heterocycles. The highest BCUT2D eigenvalue weighted by Crippen LogP contribution is 2.42. The molecule has 1 amide bonds. The first-order valence-corrected chi connectivity index (χ1v) is 14.1. The van der Waals surface area contributed by atoms with Gasteiger partial charge in [-0.05, 0) is 51.6 Å². The molecule has 41 heavy (non-hydrogen) atoms. The van der Waals surface area contributed by atoms with Gasteiger partial charge in [0.25, 0.3) is 5.91 Å². The lowest BCUT2D eigenvalue weighted by Crippen LogP contribution is -2.29. The second-order valence-electron chi connectivity index (χ2n) is 10.8. The number of hydrogen-bond donors (Lipinski definition) is 2. The summed E-state index contributed by atoms with van der Waals surface area (Å²) >= 11 is 0. The van der Waals surface area contributed by atoms with Crippen LogP contribution in [0.3, 0.4) is 0 Å². The van der Waals surface area contributed by atoms with Gasteiger partial charge in [-0.3, -0.25) is 4.79 Å². The SMILES string of the molecule is C=C(CC)C(=O)Nc1cc(Nc2nccc(-c3cn(C4CC4)c4ccccc34)n2)c(OC)cc1N(C)CCN(C)C. The Bertz CT molecular complexity index is 1570. The van der Waals surface area contributed by atoms with Crippen molar-refractivity contribution in [1.82, 2.24) is 19.4 Å². The molecule has 9 heteroatoms. The van der Waals surface area contributed by atoms with Crippen molar-refractivity contribution in [3.05, 3.63) is 67.0 Å². The molecule has 1 aliphatic rings. The summed E-state index contributed by atoms with van der Waals surface area (Å²) in [5, 5.41) is 7.57. The molecule has 2 heterocycles. The van der Waals surface area contributed by atoms with E-state index in [-0.39, 0.29) is 5.91 Å². The van der Waals surface area contributed by atoms with Crippen LogP contribution in [0.5, 0.6) is 5.75 Å². The van der Waals surface area contributed by atoms with Gasteiger partial charge in [-0.25, -0.2) is 9.97 Å². The van der Waals surface area contributed by atoms with E-state index < -0.39 is 0 Å². The molecule has 0 aliphatic heterocycles. The number of methoxy groups -OCH3 is 1. The van der Waals surface area contributed by atoms with E-state index in [1.54, 1.807) is 13.3 Å². The largest absolute Gasteiger partial charge is 0.494 e. The second-order valence-corrected chi connectivity index (χ2v) is 10.8. The van der Waals surface area contributed by atoms with Gasteiger partial charge >= 0.3 is 0 Å². The van der Waals surface area contributed by atoms with Gasteiger partial charge in [-0.1, -0.05) is 31.7 Å². The molecule has 1 fully saturated rings. The van der Waals surface area contributed by atoms with Gasteiger partial charge < -0.3 is 29.7 Å². The number of nitrogens with one attached hydrogen (secondary N) is 2. The zero-order valence-electron chi connectivity index (χ0n) is 24.6. The fourth-order valence-electron chi connectivity index (χ4n) is 4.85. The number of ether oxygens (including phenoxy) is 1. The van der Waals surface area contributed by atoms with Crippen LogP contribution in [0.15, 0.2) is 67.0 Å². The Morgan fingerprint density at radius 1 is 1.12 bits per heavy atom. The fourth-order valence-corrected chi connectivity index (χ4v) is 4.85. The van der Waals surface area contributed by atoms with Crippen LogP contribution < -0.4 is 20.3 Å². The molecular weight excluding hydrogens is 514 g/mol. The molecule has 0 saturated heterocycles. The Hall–Kier alpha value is -4.37. The summed E-state index contributed by atoms with van der Waals surface area (Å²) in [4.78, 5) is 26.5. The summed E-state index contributed by atoms with van der Waals surface area (Å²) in [5.41, 5.74) is 5.79. The number of carbonyl (C=O) groups is 1. The predicted molar refractivity (Wildman–Crippen MR) is 167 cm³/mol. The van der Waals surface area contributed by atoms with Gasteiger partial charge in [-0.2, -0.15) is 0 Å². The van der Waals surface area contributed by atoms with Crippen molar-refractivity contribution in [2.45, 2.75) is 32.2 Å². The highest BCUT2D eigenvalue weighted by atomic mass is 16.5. The number of rotatable bonds is 12. The van der Waals surface area contributed by atoms with Crippen LogP contribution in [-0.2, 0) is 4.79 Å². The quantitative estimate of drug-likeness (QED) is 0.205. The second kappa shape index (κ2) is 12.0.